The van der Waals surface area contributed by atoms with Crippen molar-refractivity contribution in [3.8, 4) is 0 Å². The first-order chi connectivity index (χ1) is 17.3. The lowest BCUT2D eigenvalue weighted by atomic mass is 10.2. The van der Waals surface area contributed by atoms with Gasteiger partial charge in [0.1, 0.15) is 0 Å². The number of anilines is 1. The van der Waals surface area contributed by atoms with Crippen molar-refractivity contribution in [1.82, 2.24) is 0 Å². The fraction of sp³-hybridized carbons (Fsp3) is 0.348. The van der Waals surface area contributed by atoms with E-state index >= 15 is 0 Å². The van der Waals surface area contributed by atoms with E-state index in [1.807, 2.05) is 59.7 Å². The number of allylic oxidation sites excluding steroid dienone is 2. The van der Waals surface area contributed by atoms with Gasteiger partial charge in [-0.05, 0) is 50.1 Å². The first-order valence-corrected chi connectivity index (χ1v) is 16.8. The lowest BCUT2D eigenvalue weighted by molar-refractivity contribution is -0.676. The van der Waals surface area contributed by atoms with Gasteiger partial charge in [-0.3, -0.25) is 0 Å². The Labute approximate surface area is 232 Å². The number of oxazole rings is 1. The normalized spacial score (nSPS) is 15.8. The largest absolute Gasteiger partial charge is 0.748 e. The minimum atomic E-state index is -4.31. The SMILES string of the molecule is CC(=Cc1oc2cc(C)sc2[n+]1CCCS(=O)(=O)[O-])C=C1Sc2ccc(Br)cc2N1CCCS(=O)(=O)[O-]. The van der Waals surface area contributed by atoms with Crippen molar-refractivity contribution in [3.63, 3.8) is 0 Å². The van der Waals surface area contributed by atoms with Crippen molar-refractivity contribution >= 4 is 81.4 Å². The average molecular weight is 649 g/mol. The van der Waals surface area contributed by atoms with Gasteiger partial charge in [-0.15, -0.1) is 4.57 Å². The van der Waals surface area contributed by atoms with E-state index in [0.29, 0.717) is 24.6 Å². The summed E-state index contributed by atoms with van der Waals surface area (Å²) in [5.41, 5.74) is 2.45. The predicted octanol–water partition coefficient (Wildman–Crippen LogP) is 4.58. The highest BCUT2D eigenvalue weighted by Gasteiger charge is 2.27. The first kappa shape index (κ1) is 28.3. The van der Waals surface area contributed by atoms with Gasteiger partial charge in [-0.2, -0.15) is 0 Å². The van der Waals surface area contributed by atoms with Crippen LogP contribution in [0.15, 0.2) is 54.7 Å². The standard InChI is InChI=1S/C23H25BrN2O7S4/c1-15(11-21-26(8-4-10-37(30,31)32)23-19(33-21)13-16(2)34-23)12-22-25(7-3-9-36(27,28)29)18-14-17(24)5-6-20(18)35-22/h5-6,11-14H,3-4,7-10H2,1-2H3,(H-,27,28,29,30,31,32)/p-1. The molecule has 1 aliphatic rings. The molecule has 0 atom stereocenters. The molecule has 1 aromatic carbocycles. The predicted molar refractivity (Wildman–Crippen MR) is 146 cm³/mol. The molecule has 0 saturated carbocycles. The second-order valence-electron chi connectivity index (χ2n) is 8.59. The van der Waals surface area contributed by atoms with Gasteiger partial charge >= 0.3 is 10.7 Å². The Morgan fingerprint density at radius 1 is 1.14 bits per heavy atom. The fourth-order valence-electron chi connectivity index (χ4n) is 3.97. The molecule has 0 radical (unpaired) electrons. The zero-order chi connectivity index (χ0) is 27.0. The number of nitrogens with zero attached hydrogens (tertiary/aromatic N) is 2. The minimum absolute atomic E-state index is 0.166. The third-order valence-electron chi connectivity index (χ3n) is 5.48. The molecule has 0 unspecified atom stereocenters. The van der Waals surface area contributed by atoms with Crippen LogP contribution < -0.4 is 9.47 Å². The molecule has 2 aromatic heterocycles. The molecule has 37 heavy (non-hydrogen) atoms. The summed E-state index contributed by atoms with van der Waals surface area (Å²) in [7, 11) is -8.62. The molecule has 4 rings (SSSR count). The van der Waals surface area contributed by atoms with Gasteiger partial charge in [-0.1, -0.05) is 39.0 Å². The summed E-state index contributed by atoms with van der Waals surface area (Å²) in [4.78, 5) is 4.91. The number of rotatable bonds is 10. The molecule has 0 amide bonds. The van der Waals surface area contributed by atoms with Crippen LogP contribution in [0.5, 0.6) is 0 Å². The molecule has 0 saturated heterocycles. The number of hydrogen-bond acceptors (Lipinski definition) is 10. The third kappa shape index (κ3) is 7.46. The van der Waals surface area contributed by atoms with Gasteiger partial charge in [0.25, 0.3) is 0 Å². The smallest absolute Gasteiger partial charge is 0.375 e. The van der Waals surface area contributed by atoms with Crippen molar-refractivity contribution in [2.45, 2.75) is 38.1 Å². The van der Waals surface area contributed by atoms with E-state index in [2.05, 4.69) is 15.9 Å². The Balaban J connectivity index is 1.64. The van der Waals surface area contributed by atoms with Crippen LogP contribution in [0.1, 0.15) is 30.5 Å². The number of aromatic nitrogens is 1. The average Bonchev–Trinajstić information content (AvgIpc) is 3.38. The molecule has 0 aliphatic carbocycles. The van der Waals surface area contributed by atoms with Crippen LogP contribution in [0.3, 0.4) is 0 Å². The molecule has 0 N–H and O–H groups in total. The Hall–Kier alpha value is -1.68. The maximum atomic E-state index is 11.1. The van der Waals surface area contributed by atoms with Crippen LogP contribution in [-0.4, -0.2) is 44.0 Å². The van der Waals surface area contributed by atoms with E-state index in [4.69, 9.17) is 4.42 Å². The third-order valence-corrected chi connectivity index (χ3v) is 9.71. The van der Waals surface area contributed by atoms with E-state index in [-0.39, 0.29) is 12.8 Å². The van der Waals surface area contributed by atoms with E-state index in [1.54, 1.807) is 11.8 Å². The second kappa shape index (κ2) is 11.2. The molecular formula is C23H24BrN2O7S4-. The Morgan fingerprint density at radius 2 is 1.84 bits per heavy atom. The molecule has 3 aromatic rings. The number of fused-ring (bicyclic) bond motifs is 2. The lowest BCUT2D eigenvalue weighted by Crippen LogP contribution is -2.35. The monoisotopic (exact) mass is 647 g/mol. The van der Waals surface area contributed by atoms with Crippen LogP contribution in [0.4, 0.5) is 5.69 Å². The number of aryl methyl sites for hydroxylation is 2. The molecule has 0 bridgehead atoms. The van der Waals surface area contributed by atoms with Crippen molar-refractivity contribution in [1.29, 1.82) is 0 Å². The summed E-state index contributed by atoms with van der Waals surface area (Å²) >= 11 is 6.55. The lowest BCUT2D eigenvalue weighted by Gasteiger charge is -2.21. The van der Waals surface area contributed by atoms with Crippen molar-refractivity contribution in [2.75, 3.05) is 23.0 Å². The van der Waals surface area contributed by atoms with Crippen molar-refractivity contribution < 1.29 is 34.9 Å². The van der Waals surface area contributed by atoms with Crippen LogP contribution >= 0.6 is 39.0 Å². The Morgan fingerprint density at radius 3 is 2.54 bits per heavy atom. The van der Waals surface area contributed by atoms with Crippen molar-refractivity contribution in [2.24, 2.45) is 0 Å². The molecule has 200 valence electrons. The van der Waals surface area contributed by atoms with Gasteiger partial charge in [-0.25, -0.2) is 16.8 Å². The fourth-order valence-corrected chi connectivity index (χ4v) is 7.43. The summed E-state index contributed by atoms with van der Waals surface area (Å²) in [5, 5.41) is 0.873. The summed E-state index contributed by atoms with van der Waals surface area (Å²) in [6.45, 7) is 4.53. The van der Waals surface area contributed by atoms with Crippen LogP contribution in [-0.2, 0) is 26.8 Å². The molecule has 0 fully saturated rings. The molecule has 3 heterocycles. The molecular weight excluding hydrogens is 624 g/mol. The number of halogens is 1. The van der Waals surface area contributed by atoms with E-state index < -0.39 is 31.7 Å². The number of thiophene rings is 1. The molecule has 14 heteroatoms. The first-order valence-electron chi connectivity index (χ1n) is 11.2. The van der Waals surface area contributed by atoms with Crippen LogP contribution in [0.2, 0.25) is 0 Å². The second-order valence-corrected chi connectivity index (χ2v) is 14.8. The Bertz CT molecular complexity index is 1600. The van der Waals surface area contributed by atoms with E-state index in [1.165, 1.54) is 11.3 Å². The van der Waals surface area contributed by atoms with E-state index in [0.717, 1.165) is 35.4 Å². The highest BCUT2D eigenvalue weighted by atomic mass is 79.9. The van der Waals surface area contributed by atoms with Gasteiger partial charge < -0.3 is 18.4 Å². The Kier molecular flexibility index (Phi) is 8.58. The number of hydrogen-bond donors (Lipinski definition) is 0. The van der Waals surface area contributed by atoms with E-state index in [9.17, 15) is 25.9 Å². The minimum Gasteiger partial charge on any atom is -0.748 e. The van der Waals surface area contributed by atoms with Gasteiger partial charge in [0.2, 0.25) is 5.58 Å². The highest BCUT2D eigenvalue weighted by Crippen LogP contribution is 2.47. The summed E-state index contributed by atoms with van der Waals surface area (Å²) in [5.74, 6) is -0.366. The quantitative estimate of drug-likeness (QED) is 0.229. The topological polar surface area (TPSA) is 135 Å². The molecule has 0 spiro atoms. The zero-order valence-electron chi connectivity index (χ0n) is 20.0. The number of thioether (sulfide) groups is 1. The zero-order valence-corrected chi connectivity index (χ0v) is 24.8. The molecule has 9 nitrogen and oxygen atoms in total. The maximum Gasteiger partial charge on any atom is 0.375 e. The number of benzene rings is 1. The highest BCUT2D eigenvalue weighted by molar-refractivity contribution is 9.10. The maximum absolute atomic E-state index is 11.1. The van der Waals surface area contributed by atoms with Crippen LogP contribution in [0, 0.1) is 6.92 Å². The molecule has 1 aliphatic heterocycles. The van der Waals surface area contributed by atoms with Gasteiger partial charge in [0, 0.05) is 44.8 Å². The van der Waals surface area contributed by atoms with Gasteiger partial charge in [0.15, 0.2) is 6.54 Å². The summed E-state index contributed by atoms with van der Waals surface area (Å²) in [6.07, 6.45) is 4.16. The summed E-state index contributed by atoms with van der Waals surface area (Å²) in [6, 6.07) is 7.77. The van der Waals surface area contributed by atoms with Gasteiger partial charge in [0.05, 0.1) is 37.0 Å². The van der Waals surface area contributed by atoms with Crippen LogP contribution in [0.25, 0.3) is 16.5 Å². The van der Waals surface area contributed by atoms with Crippen molar-refractivity contribution in [3.05, 3.63) is 56.2 Å². The summed E-state index contributed by atoms with van der Waals surface area (Å²) < 4.78 is 75.5.